The quantitative estimate of drug-likeness (QED) is 0.691. The zero-order valence-corrected chi connectivity index (χ0v) is 16.8. The summed E-state index contributed by atoms with van der Waals surface area (Å²) in [6, 6.07) is 15.8. The van der Waals surface area contributed by atoms with E-state index in [1.54, 1.807) is 12.5 Å². The van der Waals surface area contributed by atoms with Gasteiger partial charge in [-0.15, -0.1) is 0 Å². The average molecular weight is 377 g/mol. The number of ether oxygens (including phenoxy) is 1. The van der Waals surface area contributed by atoms with Gasteiger partial charge in [-0.2, -0.15) is 0 Å². The highest BCUT2D eigenvalue weighted by molar-refractivity contribution is 5.78. The van der Waals surface area contributed by atoms with Gasteiger partial charge in [-0.1, -0.05) is 45.0 Å². The second kappa shape index (κ2) is 8.30. The van der Waals surface area contributed by atoms with Gasteiger partial charge in [-0.05, 0) is 47.7 Å². The van der Waals surface area contributed by atoms with E-state index in [2.05, 4.69) is 31.1 Å². The molecule has 1 heterocycles. The maximum Gasteiger partial charge on any atom is 0.258 e. The maximum absolute atomic E-state index is 12.2. The van der Waals surface area contributed by atoms with Crippen LogP contribution < -0.4 is 10.1 Å². The lowest BCUT2D eigenvalue weighted by Gasteiger charge is -2.19. The van der Waals surface area contributed by atoms with Gasteiger partial charge in [0, 0.05) is 18.1 Å². The first kappa shape index (κ1) is 19.7. The molecule has 3 rings (SSSR count). The van der Waals surface area contributed by atoms with Gasteiger partial charge in [0.25, 0.3) is 5.91 Å². The largest absolute Gasteiger partial charge is 0.484 e. The van der Waals surface area contributed by atoms with Crippen LogP contribution in [0.4, 0.5) is 0 Å². The summed E-state index contributed by atoms with van der Waals surface area (Å²) in [6.45, 7) is 8.45. The third kappa shape index (κ3) is 5.00. The number of imidazole rings is 1. The Morgan fingerprint density at radius 1 is 1.11 bits per heavy atom. The second-order valence-corrected chi connectivity index (χ2v) is 7.91. The molecule has 5 heteroatoms. The molecule has 5 nitrogen and oxygen atoms in total. The van der Waals surface area contributed by atoms with Crippen LogP contribution in [-0.4, -0.2) is 22.1 Å². The minimum atomic E-state index is -0.147. The molecule has 0 aliphatic rings. The summed E-state index contributed by atoms with van der Waals surface area (Å²) in [4.78, 5) is 16.3. The van der Waals surface area contributed by atoms with E-state index in [9.17, 15) is 4.79 Å². The van der Waals surface area contributed by atoms with Gasteiger partial charge >= 0.3 is 0 Å². The lowest BCUT2D eigenvalue weighted by molar-refractivity contribution is -0.123. The van der Waals surface area contributed by atoms with Crippen LogP contribution in [0.15, 0.2) is 67.3 Å². The van der Waals surface area contributed by atoms with Crippen LogP contribution in [0.2, 0.25) is 0 Å². The summed E-state index contributed by atoms with van der Waals surface area (Å²) in [5.41, 5.74) is 3.39. The highest BCUT2D eigenvalue weighted by Gasteiger charge is 2.14. The van der Waals surface area contributed by atoms with E-state index in [0.29, 0.717) is 5.75 Å². The summed E-state index contributed by atoms with van der Waals surface area (Å²) >= 11 is 0. The van der Waals surface area contributed by atoms with Gasteiger partial charge < -0.3 is 14.6 Å². The summed E-state index contributed by atoms with van der Waals surface area (Å²) in [5, 5.41) is 2.97. The number of rotatable bonds is 6. The number of hydrogen-bond acceptors (Lipinski definition) is 3. The van der Waals surface area contributed by atoms with Gasteiger partial charge in [-0.3, -0.25) is 4.79 Å². The van der Waals surface area contributed by atoms with E-state index >= 15 is 0 Å². The van der Waals surface area contributed by atoms with Crippen LogP contribution in [-0.2, 0) is 10.2 Å². The molecule has 146 valence electrons. The van der Waals surface area contributed by atoms with E-state index in [1.165, 1.54) is 5.56 Å². The molecule has 0 fully saturated rings. The van der Waals surface area contributed by atoms with Gasteiger partial charge in [0.1, 0.15) is 5.75 Å². The predicted molar refractivity (Wildman–Crippen MR) is 111 cm³/mol. The van der Waals surface area contributed by atoms with Crippen molar-refractivity contribution in [3.63, 3.8) is 0 Å². The van der Waals surface area contributed by atoms with Crippen LogP contribution >= 0.6 is 0 Å². The number of benzene rings is 2. The Morgan fingerprint density at radius 3 is 2.36 bits per heavy atom. The molecule has 1 atom stereocenters. The molecule has 0 radical (unpaired) electrons. The van der Waals surface area contributed by atoms with E-state index < -0.39 is 0 Å². The van der Waals surface area contributed by atoms with E-state index in [0.717, 1.165) is 11.3 Å². The number of carbonyl (C=O) groups is 1. The Morgan fingerprint density at radius 2 is 1.79 bits per heavy atom. The summed E-state index contributed by atoms with van der Waals surface area (Å²) < 4.78 is 7.55. The Balaban J connectivity index is 1.51. The molecule has 0 saturated carbocycles. The van der Waals surface area contributed by atoms with Crippen molar-refractivity contribution in [2.45, 2.75) is 39.2 Å². The molecule has 28 heavy (non-hydrogen) atoms. The summed E-state index contributed by atoms with van der Waals surface area (Å²) in [5.74, 6) is 0.548. The topological polar surface area (TPSA) is 56.1 Å². The molecule has 2 aromatic carbocycles. The minimum absolute atomic E-state index is 0.00761. The Labute approximate surface area is 166 Å². The molecule has 0 unspecified atom stereocenters. The Hall–Kier alpha value is -3.08. The fourth-order valence-corrected chi connectivity index (χ4v) is 2.91. The van der Waals surface area contributed by atoms with Crippen LogP contribution in [0.5, 0.6) is 5.75 Å². The maximum atomic E-state index is 12.2. The zero-order chi connectivity index (χ0) is 20.1. The first-order valence-corrected chi connectivity index (χ1v) is 9.44. The number of nitrogens with one attached hydrogen (secondary N) is 1. The van der Waals surface area contributed by atoms with E-state index in [-0.39, 0.29) is 24.0 Å². The Kier molecular flexibility index (Phi) is 5.83. The van der Waals surface area contributed by atoms with Crippen LogP contribution in [0.1, 0.15) is 44.9 Å². The first-order valence-electron chi connectivity index (χ1n) is 9.44. The van der Waals surface area contributed by atoms with Crippen LogP contribution in [0.25, 0.3) is 5.69 Å². The summed E-state index contributed by atoms with van der Waals surface area (Å²) in [7, 11) is 0. The lowest BCUT2D eigenvalue weighted by Crippen LogP contribution is -2.31. The molecule has 0 saturated heterocycles. The molecular formula is C23H27N3O2. The number of aromatic nitrogens is 2. The summed E-state index contributed by atoms with van der Waals surface area (Å²) in [6.07, 6.45) is 5.39. The number of hydrogen-bond donors (Lipinski definition) is 1. The lowest BCUT2D eigenvalue weighted by atomic mass is 9.87. The monoisotopic (exact) mass is 377 g/mol. The highest BCUT2D eigenvalue weighted by atomic mass is 16.5. The predicted octanol–water partition coefficient (Wildman–Crippen LogP) is 4.43. The number of nitrogens with zero attached hydrogens (tertiary/aromatic N) is 2. The molecule has 1 aromatic heterocycles. The highest BCUT2D eigenvalue weighted by Crippen LogP contribution is 2.24. The van der Waals surface area contributed by atoms with E-state index in [4.69, 9.17) is 4.74 Å². The fraction of sp³-hybridized carbons (Fsp3) is 0.304. The fourth-order valence-electron chi connectivity index (χ4n) is 2.91. The van der Waals surface area contributed by atoms with Crippen LogP contribution in [0, 0.1) is 0 Å². The van der Waals surface area contributed by atoms with Crippen molar-refractivity contribution in [1.29, 1.82) is 0 Å². The van der Waals surface area contributed by atoms with Crippen molar-refractivity contribution in [2.24, 2.45) is 0 Å². The smallest absolute Gasteiger partial charge is 0.258 e. The zero-order valence-electron chi connectivity index (χ0n) is 16.8. The molecule has 1 N–H and O–H groups in total. The van der Waals surface area contributed by atoms with Crippen molar-refractivity contribution in [3.8, 4) is 11.4 Å². The average Bonchev–Trinajstić information content (AvgIpc) is 3.21. The SMILES string of the molecule is C[C@@H](NC(=O)COc1ccc(C(C)(C)C)cc1)c1ccc(-n2ccnc2)cc1. The Bertz CT molecular complexity index is 893. The van der Waals surface area contributed by atoms with Crippen molar-refractivity contribution in [1.82, 2.24) is 14.9 Å². The third-order valence-electron chi connectivity index (χ3n) is 4.66. The first-order chi connectivity index (χ1) is 13.3. The van der Waals surface area contributed by atoms with Gasteiger partial charge in [0.15, 0.2) is 6.61 Å². The van der Waals surface area contributed by atoms with Gasteiger partial charge in [0.05, 0.1) is 12.4 Å². The van der Waals surface area contributed by atoms with Crippen molar-refractivity contribution in [3.05, 3.63) is 78.4 Å². The van der Waals surface area contributed by atoms with Crippen molar-refractivity contribution < 1.29 is 9.53 Å². The molecule has 1 amide bonds. The number of carbonyl (C=O) groups excluding carboxylic acids is 1. The molecule has 3 aromatic rings. The van der Waals surface area contributed by atoms with Crippen LogP contribution in [0.3, 0.4) is 0 Å². The number of amides is 1. The standard InChI is InChI=1S/C23H27N3O2/c1-17(18-5-9-20(10-6-18)26-14-13-24-16-26)25-22(27)15-28-21-11-7-19(8-12-21)23(2,3)4/h5-14,16-17H,15H2,1-4H3,(H,25,27)/t17-/m1/s1. The molecule has 0 bridgehead atoms. The van der Waals surface area contributed by atoms with Crippen molar-refractivity contribution >= 4 is 5.91 Å². The van der Waals surface area contributed by atoms with Gasteiger partial charge in [-0.25, -0.2) is 4.98 Å². The normalized spacial score (nSPS) is 12.4. The molecular weight excluding hydrogens is 350 g/mol. The molecule has 0 aliphatic heterocycles. The second-order valence-electron chi connectivity index (χ2n) is 7.91. The third-order valence-corrected chi connectivity index (χ3v) is 4.66. The molecule has 0 aliphatic carbocycles. The van der Waals surface area contributed by atoms with Crippen molar-refractivity contribution in [2.75, 3.05) is 6.61 Å². The van der Waals surface area contributed by atoms with Gasteiger partial charge in [0.2, 0.25) is 0 Å². The van der Waals surface area contributed by atoms with E-state index in [1.807, 2.05) is 66.2 Å². The molecule has 0 spiro atoms. The minimum Gasteiger partial charge on any atom is -0.484 e.